The van der Waals surface area contributed by atoms with Crippen molar-refractivity contribution >= 4 is 40.9 Å². The second-order valence-corrected chi connectivity index (χ2v) is 9.41. The Bertz CT molecular complexity index is 1150. The van der Waals surface area contributed by atoms with Crippen LogP contribution in [-0.2, 0) is 4.79 Å². The van der Waals surface area contributed by atoms with Crippen LogP contribution in [0.3, 0.4) is 0 Å². The summed E-state index contributed by atoms with van der Waals surface area (Å²) in [4.78, 5) is 27.0. The van der Waals surface area contributed by atoms with E-state index in [9.17, 15) is 9.59 Å². The third-order valence-corrected chi connectivity index (χ3v) is 6.68. The Balaban J connectivity index is 1.34. The third-order valence-electron chi connectivity index (χ3n) is 5.44. The number of benzene rings is 3. The van der Waals surface area contributed by atoms with Crippen molar-refractivity contribution in [2.75, 3.05) is 36.5 Å². The minimum absolute atomic E-state index is 0.0354. The molecule has 0 bridgehead atoms. The van der Waals surface area contributed by atoms with Gasteiger partial charge in [0.1, 0.15) is 5.75 Å². The van der Waals surface area contributed by atoms with Gasteiger partial charge >= 0.3 is 0 Å². The summed E-state index contributed by atoms with van der Waals surface area (Å²) < 4.78 is 5.64. The quantitative estimate of drug-likeness (QED) is 0.504. The van der Waals surface area contributed by atoms with Crippen LogP contribution in [0, 0.1) is 6.92 Å². The van der Waals surface area contributed by atoms with Gasteiger partial charge in [0.25, 0.3) is 11.8 Å². The number of carbonyl (C=O) groups is 2. The molecule has 1 aliphatic heterocycles. The first kappa shape index (κ1) is 23.2. The third kappa shape index (κ3) is 5.89. The van der Waals surface area contributed by atoms with Gasteiger partial charge in [0.15, 0.2) is 6.61 Å². The molecule has 33 heavy (non-hydrogen) atoms. The minimum atomic E-state index is -0.298. The van der Waals surface area contributed by atoms with Crippen LogP contribution < -0.4 is 10.1 Å². The van der Waals surface area contributed by atoms with Crippen molar-refractivity contribution in [1.29, 1.82) is 0 Å². The molecule has 1 saturated heterocycles. The van der Waals surface area contributed by atoms with Crippen LogP contribution in [0.1, 0.15) is 15.9 Å². The van der Waals surface area contributed by atoms with E-state index in [0.717, 1.165) is 41.3 Å². The lowest BCUT2D eigenvalue weighted by atomic mass is 10.1. The van der Waals surface area contributed by atoms with Crippen LogP contribution in [-0.4, -0.2) is 47.9 Å². The molecule has 3 aromatic carbocycles. The summed E-state index contributed by atoms with van der Waals surface area (Å²) in [6, 6.07) is 20.8. The van der Waals surface area contributed by atoms with Crippen molar-refractivity contribution in [1.82, 2.24) is 4.90 Å². The number of hydrogen-bond acceptors (Lipinski definition) is 4. The van der Waals surface area contributed by atoms with Gasteiger partial charge in [-0.3, -0.25) is 9.59 Å². The molecule has 1 N–H and O–H groups in total. The molecule has 0 radical (unpaired) electrons. The highest BCUT2D eigenvalue weighted by molar-refractivity contribution is 7.99. The second kappa shape index (κ2) is 10.8. The van der Waals surface area contributed by atoms with Gasteiger partial charge in [0.2, 0.25) is 0 Å². The molecule has 0 saturated carbocycles. The zero-order valence-corrected chi connectivity index (χ0v) is 19.9. The maximum Gasteiger partial charge on any atom is 0.262 e. The van der Waals surface area contributed by atoms with Crippen molar-refractivity contribution in [2.24, 2.45) is 0 Å². The predicted molar refractivity (Wildman–Crippen MR) is 135 cm³/mol. The first-order valence-electron chi connectivity index (χ1n) is 10.8. The number of nitrogens with zero attached hydrogens (tertiary/aromatic N) is 1. The largest absolute Gasteiger partial charge is 0.482 e. The Morgan fingerprint density at radius 3 is 2.45 bits per heavy atom. The van der Waals surface area contributed by atoms with Gasteiger partial charge in [-0.05, 0) is 53.9 Å². The van der Waals surface area contributed by atoms with Crippen molar-refractivity contribution in [3.05, 3.63) is 82.9 Å². The van der Waals surface area contributed by atoms with Gasteiger partial charge in [0.05, 0.1) is 5.02 Å². The van der Waals surface area contributed by atoms with E-state index in [-0.39, 0.29) is 18.4 Å². The number of thioether (sulfide) groups is 1. The molecule has 5 nitrogen and oxygen atoms in total. The smallest absolute Gasteiger partial charge is 0.262 e. The lowest BCUT2D eigenvalue weighted by molar-refractivity contribution is -0.118. The lowest BCUT2D eigenvalue weighted by Gasteiger charge is -2.26. The minimum Gasteiger partial charge on any atom is -0.482 e. The summed E-state index contributed by atoms with van der Waals surface area (Å²) in [6.07, 6.45) is 0. The van der Waals surface area contributed by atoms with E-state index in [2.05, 4.69) is 5.32 Å². The maximum absolute atomic E-state index is 12.7. The lowest BCUT2D eigenvalue weighted by Crippen LogP contribution is -2.37. The zero-order chi connectivity index (χ0) is 23.2. The van der Waals surface area contributed by atoms with E-state index < -0.39 is 0 Å². The fourth-order valence-electron chi connectivity index (χ4n) is 3.64. The fraction of sp³-hybridized carbons (Fsp3) is 0.231. The molecule has 0 spiro atoms. The first-order valence-corrected chi connectivity index (χ1v) is 12.3. The summed E-state index contributed by atoms with van der Waals surface area (Å²) in [5.41, 5.74) is 4.15. The predicted octanol–water partition coefficient (Wildman–Crippen LogP) is 5.52. The van der Waals surface area contributed by atoms with Gasteiger partial charge in [0, 0.05) is 35.8 Å². The van der Waals surface area contributed by atoms with E-state index in [0.29, 0.717) is 22.0 Å². The molecule has 4 rings (SSSR count). The van der Waals surface area contributed by atoms with Crippen molar-refractivity contribution < 1.29 is 14.3 Å². The average molecular weight is 481 g/mol. The molecule has 0 unspecified atom stereocenters. The Morgan fingerprint density at radius 2 is 1.76 bits per heavy atom. The monoisotopic (exact) mass is 480 g/mol. The topological polar surface area (TPSA) is 58.6 Å². The first-order chi connectivity index (χ1) is 16.0. The van der Waals surface area contributed by atoms with Crippen LogP contribution in [0.25, 0.3) is 11.1 Å². The Hall–Kier alpha value is -2.96. The molecule has 0 aromatic heterocycles. The summed E-state index contributed by atoms with van der Waals surface area (Å²) in [6.45, 7) is 3.25. The summed E-state index contributed by atoms with van der Waals surface area (Å²) >= 11 is 8.23. The van der Waals surface area contributed by atoms with Gasteiger partial charge < -0.3 is 15.0 Å². The van der Waals surface area contributed by atoms with E-state index in [4.69, 9.17) is 16.3 Å². The molecular weight excluding hydrogens is 456 g/mol. The standard InChI is InChI=1S/C26H25ClN2O3S/c1-18-15-21(26(31)29-11-13-33-14-12-29)7-9-23(18)28-25(30)17-32-24-10-8-20(16-22(24)27)19-5-3-2-4-6-19/h2-10,15-16H,11-14,17H2,1H3,(H,28,30). The van der Waals surface area contributed by atoms with Crippen LogP contribution in [0.15, 0.2) is 66.7 Å². The van der Waals surface area contributed by atoms with Crippen molar-refractivity contribution in [3.63, 3.8) is 0 Å². The highest BCUT2D eigenvalue weighted by Gasteiger charge is 2.19. The zero-order valence-electron chi connectivity index (χ0n) is 18.3. The van der Waals surface area contributed by atoms with Gasteiger partial charge in [-0.2, -0.15) is 11.8 Å². The van der Waals surface area contributed by atoms with Crippen LogP contribution >= 0.6 is 23.4 Å². The SMILES string of the molecule is Cc1cc(C(=O)N2CCSCC2)ccc1NC(=O)COc1ccc(-c2ccccc2)cc1Cl. The number of nitrogens with one attached hydrogen (secondary N) is 1. The Labute approximate surface area is 203 Å². The second-order valence-electron chi connectivity index (χ2n) is 7.78. The molecule has 7 heteroatoms. The molecular formula is C26H25ClN2O3S. The number of ether oxygens (including phenoxy) is 1. The summed E-state index contributed by atoms with van der Waals surface area (Å²) in [5.74, 6) is 2.13. The van der Waals surface area contributed by atoms with Crippen LogP contribution in [0.2, 0.25) is 5.02 Å². The summed E-state index contributed by atoms with van der Waals surface area (Å²) in [7, 11) is 0. The number of anilines is 1. The number of hydrogen-bond donors (Lipinski definition) is 1. The molecule has 3 aromatic rings. The highest BCUT2D eigenvalue weighted by Crippen LogP contribution is 2.30. The van der Waals surface area contributed by atoms with E-state index in [1.807, 2.05) is 72.1 Å². The molecule has 0 atom stereocenters. The molecule has 170 valence electrons. The van der Waals surface area contributed by atoms with Crippen LogP contribution in [0.5, 0.6) is 5.75 Å². The molecule has 1 aliphatic rings. The maximum atomic E-state index is 12.7. The molecule has 0 aliphatic carbocycles. The number of carbonyl (C=O) groups excluding carboxylic acids is 2. The number of halogens is 1. The number of rotatable bonds is 6. The molecule has 2 amide bonds. The van der Waals surface area contributed by atoms with Crippen molar-refractivity contribution in [3.8, 4) is 16.9 Å². The van der Waals surface area contributed by atoms with E-state index >= 15 is 0 Å². The van der Waals surface area contributed by atoms with Crippen LogP contribution in [0.4, 0.5) is 5.69 Å². The van der Waals surface area contributed by atoms with Gasteiger partial charge in [-0.25, -0.2) is 0 Å². The molecule has 1 fully saturated rings. The normalized spacial score (nSPS) is 13.5. The van der Waals surface area contributed by atoms with E-state index in [1.165, 1.54) is 0 Å². The number of amides is 2. The summed E-state index contributed by atoms with van der Waals surface area (Å²) in [5, 5.41) is 3.29. The highest BCUT2D eigenvalue weighted by atomic mass is 35.5. The Morgan fingerprint density at radius 1 is 1.00 bits per heavy atom. The van der Waals surface area contributed by atoms with Gasteiger partial charge in [-0.15, -0.1) is 0 Å². The van der Waals surface area contributed by atoms with Crippen molar-refractivity contribution in [2.45, 2.75) is 6.92 Å². The van der Waals surface area contributed by atoms with Gasteiger partial charge in [-0.1, -0.05) is 48.0 Å². The van der Waals surface area contributed by atoms with E-state index in [1.54, 1.807) is 18.2 Å². The molecule has 1 heterocycles. The fourth-order valence-corrected chi connectivity index (χ4v) is 4.78. The number of aryl methyl sites for hydroxylation is 1. The Kier molecular flexibility index (Phi) is 7.57. The average Bonchev–Trinajstić information content (AvgIpc) is 2.85.